The largest absolute Gasteiger partial charge is 0.416 e. The van der Waals surface area contributed by atoms with Crippen molar-refractivity contribution in [1.29, 1.82) is 0 Å². The number of rotatable bonds is 1. The maximum absolute atomic E-state index is 12.7. The highest BCUT2D eigenvalue weighted by Gasteiger charge is 2.42. The fraction of sp³-hybridized carbons (Fsp3) is 0.500. The Morgan fingerprint density at radius 2 is 2.00 bits per heavy atom. The van der Waals surface area contributed by atoms with Crippen molar-refractivity contribution in [2.75, 3.05) is 0 Å². The Morgan fingerprint density at radius 3 is 2.47 bits per heavy atom. The molecule has 1 aliphatic carbocycles. The number of nitrogens with zero attached hydrogens (tertiary/aromatic N) is 1. The van der Waals surface area contributed by atoms with Gasteiger partial charge in [-0.25, -0.2) is 0 Å². The van der Waals surface area contributed by atoms with Gasteiger partial charge in [-0.05, 0) is 25.3 Å². The molecule has 0 unspecified atom stereocenters. The molecule has 0 atom stereocenters. The number of pyridine rings is 1. The molecule has 0 bridgehead atoms. The van der Waals surface area contributed by atoms with Gasteiger partial charge in [-0.1, -0.05) is 0 Å². The van der Waals surface area contributed by atoms with Crippen LogP contribution in [0.5, 0.6) is 0 Å². The normalized spacial score (nSPS) is 19.7. The standard InChI is InChI=1S/C10H11F3N2/c11-10(12,13)7-2-5-15-6-8(7)9(14)3-1-4-9/h2,5-6H,1,3-4,14H2. The van der Waals surface area contributed by atoms with Gasteiger partial charge in [-0.15, -0.1) is 0 Å². The van der Waals surface area contributed by atoms with Crippen LogP contribution in [-0.4, -0.2) is 4.98 Å². The third-order valence-electron chi connectivity index (χ3n) is 2.91. The minimum absolute atomic E-state index is 0.128. The molecular weight excluding hydrogens is 205 g/mol. The lowest BCUT2D eigenvalue weighted by Crippen LogP contribution is -2.44. The van der Waals surface area contributed by atoms with Crippen LogP contribution in [0.2, 0.25) is 0 Å². The zero-order chi connectivity index (χ0) is 11.1. The Balaban J connectivity index is 2.47. The molecule has 2 nitrogen and oxygen atoms in total. The second-order valence-electron chi connectivity index (χ2n) is 3.93. The number of alkyl halides is 3. The van der Waals surface area contributed by atoms with Gasteiger partial charge in [-0.3, -0.25) is 4.98 Å². The fourth-order valence-corrected chi connectivity index (χ4v) is 1.87. The first-order chi connectivity index (χ1) is 6.93. The van der Waals surface area contributed by atoms with Crippen LogP contribution in [0.3, 0.4) is 0 Å². The monoisotopic (exact) mass is 216 g/mol. The van der Waals surface area contributed by atoms with Crippen molar-refractivity contribution < 1.29 is 13.2 Å². The summed E-state index contributed by atoms with van der Waals surface area (Å²) in [6.45, 7) is 0. The summed E-state index contributed by atoms with van der Waals surface area (Å²) in [6, 6.07) is 0.988. The molecule has 1 aliphatic rings. The van der Waals surface area contributed by atoms with Crippen LogP contribution >= 0.6 is 0 Å². The number of halogens is 3. The summed E-state index contributed by atoms with van der Waals surface area (Å²) in [5.74, 6) is 0. The number of aromatic nitrogens is 1. The molecule has 0 spiro atoms. The van der Waals surface area contributed by atoms with E-state index in [1.165, 1.54) is 6.20 Å². The summed E-state index contributed by atoms with van der Waals surface area (Å²) in [4.78, 5) is 3.73. The molecule has 0 aliphatic heterocycles. The first-order valence-electron chi connectivity index (χ1n) is 4.74. The maximum Gasteiger partial charge on any atom is 0.416 e. The van der Waals surface area contributed by atoms with Gasteiger partial charge in [0.15, 0.2) is 0 Å². The van der Waals surface area contributed by atoms with Gasteiger partial charge in [0, 0.05) is 23.5 Å². The molecule has 1 aromatic rings. The van der Waals surface area contributed by atoms with Crippen LogP contribution < -0.4 is 5.73 Å². The zero-order valence-corrected chi connectivity index (χ0v) is 8.01. The van der Waals surface area contributed by atoms with E-state index in [-0.39, 0.29) is 5.56 Å². The van der Waals surface area contributed by atoms with Crippen molar-refractivity contribution in [2.45, 2.75) is 31.0 Å². The highest BCUT2D eigenvalue weighted by molar-refractivity contribution is 5.34. The Hall–Kier alpha value is -1.10. The van der Waals surface area contributed by atoms with Gasteiger partial charge in [0.1, 0.15) is 0 Å². The van der Waals surface area contributed by atoms with Gasteiger partial charge in [0.2, 0.25) is 0 Å². The van der Waals surface area contributed by atoms with Gasteiger partial charge < -0.3 is 5.73 Å². The zero-order valence-electron chi connectivity index (χ0n) is 8.01. The molecule has 0 aromatic carbocycles. The maximum atomic E-state index is 12.7. The van der Waals surface area contributed by atoms with E-state index in [2.05, 4.69) is 4.98 Å². The van der Waals surface area contributed by atoms with Gasteiger partial charge in [-0.2, -0.15) is 13.2 Å². The van der Waals surface area contributed by atoms with Crippen LogP contribution in [-0.2, 0) is 11.7 Å². The van der Waals surface area contributed by atoms with E-state index in [0.717, 1.165) is 18.7 Å². The second kappa shape index (κ2) is 3.20. The summed E-state index contributed by atoms with van der Waals surface area (Å²) >= 11 is 0. The average Bonchev–Trinajstić information content (AvgIpc) is 2.13. The molecule has 15 heavy (non-hydrogen) atoms. The molecular formula is C10H11F3N2. The van der Waals surface area contributed by atoms with Crippen LogP contribution in [0.15, 0.2) is 18.5 Å². The Morgan fingerprint density at radius 1 is 1.33 bits per heavy atom. The van der Waals surface area contributed by atoms with E-state index in [0.29, 0.717) is 12.8 Å². The van der Waals surface area contributed by atoms with E-state index in [4.69, 9.17) is 5.73 Å². The molecule has 1 saturated carbocycles. The third-order valence-corrected chi connectivity index (χ3v) is 2.91. The van der Waals surface area contributed by atoms with Gasteiger partial charge >= 0.3 is 6.18 Å². The van der Waals surface area contributed by atoms with Crippen molar-refractivity contribution in [3.8, 4) is 0 Å². The van der Waals surface area contributed by atoms with Gasteiger partial charge in [0.25, 0.3) is 0 Å². The van der Waals surface area contributed by atoms with Crippen molar-refractivity contribution in [3.05, 3.63) is 29.6 Å². The van der Waals surface area contributed by atoms with E-state index in [9.17, 15) is 13.2 Å². The summed E-state index contributed by atoms with van der Waals surface area (Å²) in [6.07, 6.45) is 0.114. The van der Waals surface area contributed by atoms with E-state index >= 15 is 0 Å². The molecule has 1 heterocycles. The van der Waals surface area contributed by atoms with E-state index < -0.39 is 17.3 Å². The predicted molar refractivity (Wildman–Crippen MR) is 49.0 cm³/mol. The molecule has 0 radical (unpaired) electrons. The quantitative estimate of drug-likeness (QED) is 0.783. The first kappa shape index (κ1) is 10.4. The van der Waals surface area contributed by atoms with Crippen molar-refractivity contribution in [3.63, 3.8) is 0 Å². The summed E-state index contributed by atoms with van der Waals surface area (Å²) < 4.78 is 38.0. The average molecular weight is 216 g/mol. The van der Waals surface area contributed by atoms with Crippen molar-refractivity contribution in [2.24, 2.45) is 5.73 Å². The molecule has 0 saturated heterocycles. The number of hydrogen-bond acceptors (Lipinski definition) is 2. The van der Waals surface area contributed by atoms with Crippen molar-refractivity contribution in [1.82, 2.24) is 4.98 Å². The summed E-state index contributed by atoms with van der Waals surface area (Å²) in [5, 5.41) is 0. The second-order valence-corrected chi connectivity index (χ2v) is 3.93. The molecule has 82 valence electrons. The third kappa shape index (κ3) is 1.71. The lowest BCUT2D eigenvalue weighted by atomic mass is 9.72. The smallest absolute Gasteiger partial charge is 0.321 e. The first-order valence-corrected chi connectivity index (χ1v) is 4.74. The van der Waals surface area contributed by atoms with E-state index in [1.807, 2.05) is 0 Å². The molecule has 5 heteroatoms. The summed E-state index contributed by atoms with van der Waals surface area (Å²) in [7, 11) is 0. The van der Waals surface area contributed by atoms with Crippen LogP contribution in [0.25, 0.3) is 0 Å². The van der Waals surface area contributed by atoms with Crippen LogP contribution in [0, 0.1) is 0 Å². The van der Waals surface area contributed by atoms with Crippen molar-refractivity contribution >= 4 is 0 Å². The molecule has 2 N–H and O–H groups in total. The lowest BCUT2D eigenvalue weighted by Gasteiger charge is -2.39. The predicted octanol–water partition coefficient (Wildman–Crippen LogP) is 2.44. The van der Waals surface area contributed by atoms with Gasteiger partial charge in [0.05, 0.1) is 5.56 Å². The highest BCUT2D eigenvalue weighted by atomic mass is 19.4. The van der Waals surface area contributed by atoms with Crippen LogP contribution in [0.1, 0.15) is 30.4 Å². The Bertz CT molecular complexity index is 369. The lowest BCUT2D eigenvalue weighted by molar-refractivity contribution is -0.139. The minimum Gasteiger partial charge on any atom is -0.321 e. The molecule has 2 rings (SSSR count). The number of hydrogen-bond donors (Lipinski definition) is 1. The summed E-state index contributed by atoms with van der Waals surface area (Å²) in [5.41, 5.74) is 4.54. The Kier molecular flexibility index (Phi) is 2.22. The topological polar surface area (TPSA) is 38.9 Å². The highest BCUT2D eigenvalue weighted by Crippen LogP contribution is 2.43. The number of nitrogens with two attached hydrogens (primary N) is 1. The van der Waals surface area contributed by atoms with Crippen LogP contribution in [0.4, 0.5) is 13.2 Å². The molecule has 1 aromatic heterocycles. The van der Waals surface area contributed by atoms with E-state index in [1.54, 1.807) is 0 Å². The fourth-order valence-electron chi connectivity index (χ4n) is 1.87. The SMILES string of the molecule is NC1(c2cnccc2C(F)(F)F)CCC1. The molecule has 0 amide bonds. The Labute approximate surface area is 85.3 Å². The molecule has 1 fully saturated rings. The minimum atomic E-state index is -4.35.